The van der Waals surface area contributed by atoms with E-state index in [1.54, 1.807) is 37.3 Å². The van der Waals surface area contributed by atoms with Crippen LogP contribution < -0.4 is 9.62 Å². The number of nitrogens with one attached hydrogen (secondary N) is 1. The standard InChI is InChI=1S/C32H39N3O4S/c1-23-14-17-29(18-15-23)40(38,39)35(30-19-16-24(2)20-25(30)3)22-31(36)34(21-27-10-6-5-7-11-27)26(4)32(37)33-28-12-8-9-13-28/h5-7,10-11,14-20,26,28H,8-9,12-13,21-22H2,1-4H3,(H,33,37)/t26-/m1/s1. The highest BCUT2D eigenvalue weighted by Crippen LogP contribution is 2.28. The van der Waals surface area contributed by atoms with Crippen LogP contribution in [0, 0.1) is 20.8 Å². The summed E-state index contributed by atoms with van der Waals surface area (Å²) in [7, 11) is -4.09. The molecule has 0 unspecified atom stereocenters. The summed E-state index contributed by atoms with van der Waals surface area (Å²) in [6.45, 7) is 7.12. The third-order valence-electron chi connectivity index (χ3n) is 7.57. The van der Waals surface area contributed by atoms with E-state index >= 15 is 0 Å². The molecule has 8 heteroatoms. The molecule has 1 aliphatic rings. The predicted molar refractivity (Wildman–Crippen MR) is 158 cm³/mol. The van der Waals surface area contributed by atoms with Crippen LogP contribution in [0.4, 0.5) is 5.69 Å². The van der Waals surface area contributed by atoms with Gasteiger partial charge in [-0.3, -0.25) is 13.9 Å². The smallest absolute Gasteiger partial charge is 0.264 e. The third kappa shape index (κ3) is 6.91. The summed E-state index contributed by atoms with van der Waals surface area (Å²) >= 11 is 0. The molecule has 1 saturated carbocycles. The largest absolute Gasteiger partial charge is 0.352 e. The fourth-order valence-corrected chi connectivity index (χ4v) is 6.67. The van der Waals surface area contributed by atoms with E-state index in [0.717, 1.165) is 47.9 Å². The van der Waals surface area contributed by atoms with Crippen LogP contribution in [-0.2, 0) is 26.2 Å². The molecule has 1 aliphatic carbocycles. The van der Waals surface area contributed by atoms with E-state index in [0.29, 0.717) is 5.69 Å². The van der Waals surface area contributed by atoms with Crippen molar-refractivity contribution in [2.24, 2.45) is 0 Å². The number of nitrogens with zero attached hydrogens (tertiary/aromatic N) is 2. The van der Waals surface area contributed by atoms with E-state index in [4.69, 9.17) is 0 Å². The molecule has 3 aromatic carbocycles. The summed E-state index contributed by atoms with van der Waals surface area (Å²) in [5, 5.41) is 3.10. The number of hydrogen-bond acceptors (Lipinski definition) is 4. The Kier molecular flexibility index (Phi) is 9.30. The van der Waals surface area contributed by atoms with Gasteiger partial charge in [-0.25, -0.2) is 8.42 Å². The number of carbonyl (C=O) groups is 2. The molecule has 7 nitrogen and oxygen atoms in total. The number of hydrogen-bond donors (Lipinski definition) is 1. The average Bonchev–Trinajstić information content (AvgIpc) is 3.44. The van der Waals surface area contributed by atoms with Gasteiger partial charge in [0.05, 0.1) is 10.6 Å². The number of amides is 2. The minimum absolute atomic E-state index is 0.104. The highest BCUT2D eigenvalue weighted by molar-refractivity contribution is 7.92. The Morgan fingerprint density at radius 3 is 2.15 bits per heavy atom. The van der Waals surface area contributed by atoms with Crippen LogP contribution in [0.15, 0.2) is 77.7 Å². The van der Waals surface area contributed by atoms with Crippen LogP contribution >= 0.6 is 0 Å². The lowest BCUT2D eigenvalue weighted by atomic mass is 10.1. The normalized spacial score (nSPS) is 14.5. The summed E-state index contributed by atoms with van der Waals surface area (Å²) < 4.78 is 29.2. The van der Waals surface area contributed by atoms with E-state index in [9.17, 15) is 18.0 Å². The zero-order valence-corrected chi connectivity index (χ0v) is 24.6. The van der Waals surface area contributed by atoms with Gasteiger partial charge in [-0.15, -0.1) is 0 Å². The molecule has 212 valence electrons. The van der Waals surface area contributed by atoms with Gasteiger partial charge in [0.1, 0.15) is 12.6 Å². The topological polar surface area (TPSA) is 86.8 Å². The molecule has 0 heterocycles. The summed E-state index contributed by atoms with van der Waals surface area (Å²) in [6.07, 6.45) is 4.02. The fraction of sp³-hybridized carbons (Fsp3) is 0.375. The Balaban J connectivity index is 1.70. The molecule has 4 rings (SSSR count). The van der Waals surface area contributed by atoms with Gasteiger partial charge in [0.15, 0.2) is 0 Å². The van der Waals surface area contributed by atoms with Gasteiger partial charge < -0.3 is 10.2 Å². The van der Waals surface area contributed by atoms with Gasteiger partial charge >= 0.3 is 0 Å². The molecule has 0 aliphatic heterocycles. The molecule has 3 aromatic rings. The lowest BCUT2D eigenvalue weighted by molar-refractivity contribution is -0.139. The second kappa shape index (κ2) is 12.7. The zero-order valence-electron chi connectivity index (χ0n) is 23.8. The number of aryl methyl sites for hydroxylation is 3. The molecule has 0 spiro atoms. The Labute approximate surface area is 238 Å². The van der Waals surface area contributed by atoms with Gasteiger partial charge in [-0.1, -0.05) is 78.6 Å². The lowest BCUT2D eigenvalue weighted by Gasteiger charge is -2.33. The van der Waals surface area contributed by atoms with Crippen molar-refractivity contribution in [3.8, 4) is 0 Å². The number of sulfonamides is 1. The van der Waals surface area contributed by atoms with Gasteiger partial charge in [0.2, 0.25) is 11.8 Å². The monoisotopic (exact) mass is 561 g/mol. The van der Waals surface area contributed by atoms with Crippen LogP contribution in [0.3, 0.4) is 0 Å². The maximum absolute atomic E-state index is 14.1. The first kappa shape index (κ1) is 29.3. The van der Waals surface area contributed by atoms with Gasteiger partial charge in [0, 0.05) is 12.6 Å². The number of benzene rings is 3. The van der Waals surface area contributed by atoms with E-state index in [2.05, 4.69) is 5.32 Å². The molecule has 2 amide bonds. The van der Waals surface area contributed by atoms with Crippen molar-refractivity contribution in [2.45, 2.75) is 76.9 Å². The van der Waals surface area contributed by atoms with Crippen LogP contribution in [0.25, 0.3) is 0 Å². The van der Waals surface area contributed by atoms with E-state index < -0.39 is 28.5 Å². The Morgan fingerprint density at radius 1 is 0.900 bits per heavy atom. The fourth-order valence-electron chi connectivity index (χ4n) is 5.19. The minimum Gasteiger partial charge on any atom is -0.352 e. The molecule has 0 bridgehead atoms. The molecule has 0 radical (unpaired) electrons. The summed E-state index contributed by atoms with van der Waals surface area (Å²) in [4.78, 5) is 29.0. The summed E-state index contributed by atoms with van der Waals surface area (Å²) in [5.41, 5.74) is 3.95. The van der Waals surface area contributed by atoms with E-state index in [1.807, 2.05) is 63.2 Å². The first-order valence-corrected chi connectivity index (χ1v) is 15.3. The Hall–Kier alpha value is -3.65. The maximum Gasteiger partial charge on any atom is 0.264 e. The van der Waals surface area contributed by atoms with E-state index in [-0.39, 0.29) is 23.4 Å². The predicted octanol–water partition coefficient (Wildman–Crippen LogP) is 5.28. The van der Waals surface area contributed by atoms with Crippen molar-refractivity contribution >= 4 is 27.5 Å². The molecular weight excluding hydrogens is 522 g/mol. The molecule has 40 heavy (non-hydrogen) atoms. The first-order chi connectivity index (χ1) is 19.1. The molecule has 0 saturated heterocycles. The number of carbonyl (C=O) groups excluding carboxylic acids is 2. The highest BCUT2D eigenvalue weighted by atomic mass is 32.2. The molecule has 1 fully saturated rings. The maximum atomic E-state index is 14.1. The average molecular weight is 562 g/mol. The number of anilines is 1. The zero-order chi connectivity index (χ0) is 28.9. The quantitative estimate of drug-likeness (QED) is 0.365. The van der Waals surface area contributed by atoms with Gasteiger partial charge in [-0.05, 0) is 69.9 Å². The van der Waals surface area contributed by atoms with Crippen molar-refractivity contribution in [1.29, 1.82) is 0 Å². The van der Waals surface area contributed by atoms with Crippen molar-refractivity contribution < 1.29 is 18.0 Å². The van der Waals surface area contributed by atoms with Crippen molar-refractivity contribution in [2.75, 3.05) is 10.8 Å². The van der Waals surface area contributed by atoms with E-state index in [1.165, 1.54) is 9.21 Å². The second-order valence-corrected chi connectivity index (χ2v) is 12.7. The molecular formula is C32H39N3O4S. The Bertz CT molecular complexity index is 1430. The summed E-state index contributed by atoms with van der Waals surface area (Å²) in [5.74, 6) is -0.677. The van der Waals surface area contributed by atoms with Crippen LogP contribution in [-0.4, -0.2) is 43.8 Å². The van der Waals surface area contributed by atoms with Gasteiger partial charge in [-0.2, -0.15) is 0 Å². The molecule has 0 aromatic heterocycles. The van der Waals surface area contributed by atoms with Crippen molar-refractivity contribution in [1.82, 2.24) is 10.2 Å². The Morgan fingerprint density at radius 2 is 1.52 bits per heavy atom. The van der Waals surface area contributed by atoms with Crippen molar-refractivity contribution in [3.05, 3.63) is 95.1 Å². The SMILES string of the molecule is Cc1ccc(S(=O)(=O)N(CC(=O)N(Cc2ccccc2)[C@H](C)C(=O)NC2CCCC2)c2ccc(C)cc2C)cc1. The van der Waals surface area contributed by atoms with Crippen LogP contribution in [0.2, 0.25) is 0 Å². The van der Waals surface area contributed by atoms with Crippen molar-refractivity contribution in [3.63, 3.8) is 0 Å². The second-order valence-electron chi connectivity index (χ2n) is 10.8. The third-order valence-corrected chi connectivity index (χ3v) is 9.35. The molecule has 1 N–H and O–H groups in total. The summed E-state index contributed by atoms with van der Waals surface area (Å²) in [6, 6.07) is 20.8. The van der Waals surface area contributed by atoms with Gasteiger partial charge in [0.25, 0.3) is 10.0 Å². The highest BCUT2D eigenvalue weighted by Gasteiger charge is 2.33. The number of rotatable bonds is 10. The lowest BCUT2D eigenvalue weighted by Crippen LogP contribution is -2.52. The van der Waals surface area contributed by atoms with Crippen LogP contribution in [0.5, 0.6) is 0 Å². The molecule has 1 atom stereocenters. The first-order valence-electron chi connectivity index (χ1n) is 13.9. The van der Waals surface area contributed by atoms with Crippen LogP contribution in [0.1, 0.15) is 54.9 Å². The minimum atomic E-state index is -4.09.